The quantitative estimate of drug-likeness (QED) is 0.769. The molecule has 0 N–H and O–H groups in total. The summed E-state index contributed by atoms with van der Waals surface area (Å²) in [5.41, 5.74) is 0. The number of hydrogen-bond donors (Lipinski definition) is 0. The minimum atomic E-state index is -3.51. The topological polar surface area (TPSA) is 56.3 Å². The summed E-state index contributed by atoms with van der Waals surface area (Å²) in [6.07, 6.45) is 2.89. The van der Waals surface area contributed by atoms with E-state index in [0.717, 1.165) is 0 Å². The Labute approximate surface area is 91.2 Å². The Bertz CT molecular complexity index is 407. The molecule has 0 aliphatic rings. The van der Waals surface area contributed by atoms with E-state index in [1.54, 1.807) is 0 Å². The molecule has 0 aliphatic carbocycles. The molecule has 0 aliphatic heterocycles. The first-order valence-electron chi connectivity index (χ1n) is 3.63. The monoisotopic (exact) mass is 255 g/mol. The highest BCUT2D eigenvalue weighted by Gasteiger charge is 2.05. The maximum Gasteiger partial charge on any atom is 0.235 e. The van der Waals surface area contributed by atoms with E-state index in [0.29, 0.717) is 10.8 Å². The van der Waals surface area contributed by atoms with E-state index in [9.17, 15) is 8.42 Å². The van der Waals surface area contributed by atoms with E-state index < -0.39 is 9.05 Å². The fourth-order valence-corrected chi connectivity index (χ4v) is 1.37. The van der Waals surface area contributed by atoms with Gasteiger partial charge < -0.3 is 4.74 Å². The molecule has 1 heterocycles. The highest BCUT2D eigenvalue weighted by Crippen LogP contribution is 2.15. The van der Waals surface area contributed by atoms with Gasteiger partial charge in [0.15, 0.2) is 0 Å². The average molecular weight is 256 g/mol. The first kappa shape index (κ1) is 11.6. The van der Waals surface area contributed by atoms with Crippen LogP contribution in [0.2, 0.25) is 5.02 Å². The van der Waals surface area contributed by atoms with E-state index in [-0.39, 0.29) is 12.4 Å². The Kier molecular flexibility index (Phi) is 3.97. The number of pyridine rings is 1. The van der Waals surface area contributed by atoms with Crippen LogP contribution >= 0.6 is 22.3 Å². The maximum atomic E-state index is 10.5. The molecule has 0 aromatic carbocycles. The second kappa shape index (κ2) is 4.82. The summed E-state index contributed by atoms with van der Waals surface area (Å²) in [6, 6.07) is 1.54. The van der Waals surface area contributed by atoms with Gasteiger partial charge in [-0.2, -0.15) is 0 Å². The summed E-state index contributed by atoms with van der Waals surface area (Å²) in [7, 11) is 1.47. The lowest BCUT2D eigenvalue weighted by molar-refractivity contribution is 0.340. The van der Waals surface area contributed by atoms with Gasteiger partial charge in [0.25, 0.3) is 0 Å². The van der Waals surface area contributed by atoms with Gasteiger partial charge in [-0.25, -0.2) is 8.42 Å². The highest BCUT2D eigenvalue weighted by atomic mass is 35.7. The lowest BCUT2D eigenvalue weighted by atomic mass is 10.5. The molecule has 0 atom stereocenters. The number of nitrogens with zero attached hydrogens (tertiary/aromatic N) is 1. The van der Waals surface area contributed by atoms with Crippen molar-refractivity contribution in [3.63, 3.8) is 0 Å². The van der Waals surface area contributed by atoms with Crippen LogP contribution in [-0.4, -0.2) is 25.8 Å². The Morgan fingerprint density at radius 1 is 1.43 bits per heavy atom. The lowest BCUT2D eigenvalue weighted by Crippen LogP contribution is -2.08. The highest BCUT2D eigenvalue weighted by molar-refractivity contribution is 8.13. The first-order chi connectivity index (χ1) is 6.47. The molecule has 4 nitrogen and oxygen atoms in total. The van der Waals surface area contributed by atoms with Gasteiger partial charge in [0.05, 0.1) is 17.0 Å². The van der Waals surface area contributed by atoms with E-state index in [1.807, 2.05) is 0 Å². The van der Waals surface area contributed by atoms with Gasteiger partial charge in [0.2, 0.25) is 9.05 Å². The van der Waals surface area contributed by atoms with Gasteiger partial charge in [-0.1, -0.05) is 11.6 Å². The van der Waals surface area contributed by atoms with Crippen molar-refractivity contribution in [3.8, 4) is 5.75 Å². The smallest absolute Gasteiger partial charge is 0.235 e. The second-order valence-electron chi connectivity index (χ2n) is 2.43. The molecule has 0 unspecified atom stereocenters. The van der Waals surface area contributed by atoms with E-state index in [4.69, 9.17) is 27.0 Å². The molecule has 0 amide bonds. The second-order valence-corrected chi connectivity index (χ2v) is 5.76. The summed E-state index contributed by atoms with van der Waals surface area (Å²) < 4.78 is 26.1. The molecule has 7 heteroatoms. The number of ether oxygens (including phenoxy) is 1. The van der Waals surface area contributed by atoms with E-state index in [1.165, 1.54) is 18.5 Å². The molecule has 1 aromatic heterocycles. The van der Waals surface area contributed by atoms with Crippen LogP contribution in [0.5, 0.6) is 5.75 Å². The van der Waals surface area contributed by atoms with Crippen molar-refractivity contribution in [1.82, 2.24) is 4.98 Å². The third-order valence-electron chi connectivity index (χ3n) is 1.28. The van der Waals surface area contributed by atoms with Crippen molar-refractivity contribution in [2.75, 3.05) is 12.4 Å². The van der Waals surface area contributed by atoms with Gasteiger partial charge in [0.1, 0.15) is 12.4 Å². The van der Waals surface area contributed by atoms with Gasteiger partial charge in [0, 0.05) is 22.9 Å². The van der Waals surface area contributed by atoms with Crippen LogP contribution in [0.15, 0.2) is 18.5 Å². The molecule has 0 saturated heterocycles. The average Bonchev–Trinajstić information content (AvgIpc) is 2.01. The van der Waals surface area contributed by atoms with Crippen LogP contribution < -0.4 is 4.74 Å². The van der Waals surface area contributed by atoms with Crippen molar-refractivity contribution >= 4 is 31.3 Å². The molecular weight excluding hydrogens is 249 g/mol. The van der Waals surface area contributed by atoms with Crippen LogP contribution in [0, 0.1) is 0 Å². The van der Waals surface area contributed by atoms with Gasteiger partial charge >= 0.3 is 0 Å². The fourth-order valence-electron chi connectivity index (χ4n) is 0.730. The maximum absolute atomic E-state index is 10.5. The van der Waals surface area contributed by atoms with Crippen molar-refractivity contribution in [2.24, 2.45) is 0 Å². The van der Waals surface area contributed by atoms with Gasteiger partial charge in [-0.15, -0.1) is 0 Å². The zero-order chi connectivity index (χ0) is 10.6. The van der Waals surface area contributed by atoms with Crippen LogP contribution in [-0.2, 0) is 9.05 Å². The van der Waals surface area contributed by atoms with Crippen LogP contribution in [0.3, 0.4) is 0 Å². The van der Waals surface area contributed by atoms with Crippen LogP contribution in [0.4, 0.5) is 0 Å². The van der Waals surface area contributed by atoms with Gasteiger partial charge in [-0.3, -0.25) is 4.98 Å². The summed E-state index contributed by atoms with van der Waals surface area (Å²) in [5, 5.41) is 0.427. The molecule has 1 rings (SSSR count). The minimum Gasteiger partial charge on any atom is -0.491 e. The first-order valence-corrected chi connectivity index (χ1v) is 6.49. The van der Waals surface area contributed by atoms with Crippen LogP contribution in [0.1, 0.15) is 0 Å². The summed E-state index contributed by atoms with van der Waals surface area (Å²) in [5.74, 6) is 0.166. The molecular formula is C7H7Cl2NO3S. The number of halogens is 2. The zero-order valence-corrected chi connectivity index (χ0v) is 9.31. The van der Waals surface area contributed by atoms with Gasteiger partial charge in [-0.05, 0) is 0 Å². The largest absolute Gasteiger partial charge is 0.491 e. The molecule has 14 heavy (non-hydrogen) atoms. The third kappa shape index (κ3) is 4.64. The summed E-state index contributed by atoms with van der Waals surface area (Å²) >= 11 is 5.63. The summed E-state index contributed by atoms with van der Waals surface area (Å²) in [4.78, 5) is 3.76. The minimum absolute atomic E-state index is 0.0200. The third-order valence-corrected chi connectivity index (χ3v) is 2.60. The predicted molar refractivity (Wildman–Crippen MR) is 54.4 cm³/mol. The van der Waals surface area contributed by atoms with Crippen molar-refractivity contribution in [2.45, 2.75) is 0 Å². The summed E-state index contributed by atoms with van der Waals surface area (Å²) in [6.45, 7) is -0.0200. The molecule has 0 bridgehead atoms. The molecule has 0 fully saturated rings. The van der Waals surface area contributed by atoms with Crippen molar-refractivity contribution in [3.05, 3.63) is 23.5 Å². The Morgan fingerprint density at radius 3 is 2.71 bits per heavy atom. The molecule has 0 spiro atoms. The fraction of sp³-hybridized carbons (Fsp3) is 0.286. The van der Waals surface area contributed by atoms with E-state index >= 15 is 0 Å². The number of rotatable bonds is 4. The van der Waals surface area contributed by atoms with Crippen molar-refractivity contribution < 1.29 is 13.2 Å². The van der Waals surface area contributed by atoms with Crippen LogP contribution in [0.25, 0.3) is 0 Å². The van der Waals surface area contributed by atoms with E-state index in [2.05, 4.69) is 4.98 Å². The lowest BCUT2D eigenvalue weighted by Gasteiger charge is -2.03. The predicted octanol–water partition coefficient (Wildman–Crippen LogP) is 1.68. The Hall–Kier alpha value is -0.520. The number of aromatic nitrogens is 1. The SMILES string of the molecule is O=S(=O)(Cl)CCOc1cncc(Cl)c1. The Balaban J connectivity index is 2.47. The molecule has 1 aromatic rings. The normalized spacial score (nSPS) is 11.3. The number of hydrogen-bond acceptors (Lipinski definition) is 4. The molecule has 78 valence electrons. The van der Waals surface area contributed by atoms with Crippen molar-refractivity contribution in [1.29, 1.82) is 0 Å². The zero-order valence-electron chi connectivity index (χ0n) is 6.98. The Morgan fingerprint density at radius 2 is 2.14 bits per heavy atom. The molecule has 0 radical (unpaired) electrons. The molecule has 0 saturated carbocycles. The standard InChI is InChI=1S/C7H7Cl2NO3S/c8-6-3-7(5-10-4-6)13-1-2-14(9,11)12/h3-5H,1-2H2.